The van der Waals surface area contributed by atoms with Crippen LogP contribution in [-0.2, 0) is 14.6 Å². The molecule has 1 atom stereocenters. The van der Waals surface area contributed by atoms with E-state index in [1.54, 1.807) is 0 Å². The van der Waals surface area contributed by atoms with E-state index in [-0.39, 0.29) is 0 Å². The van der Waals surface area contributed by atoms with Crippen molar-refractivity contribution in [3.8, 4) is 0 Å². The van der Waals surface area contributed by atoms with E-state index in [1.807, 2.05) is 6.92 Å². The lowest BCUT2D eigenvalue weighted by Crippen LogP contribution is -2.26. The van der Waals surface area contributed by atoms with Gasteiger partial charge < -0.3 is 5.73 Å². The van der Waals surface area contributed by atoms with E-state index in [0.29, 0.717) is 12.8 Å². The zero-order valence-electron chi connectivity index (χ0n) is 5.65. The van der Waals surface area contributed by atoms with Crippen LogP contribution in [0.4, 0.5) is 0 Å². The predicted octanol–water partition coefficient (Wildman–Crippen LogP) is -0.109. The zero-order chi connectivity index (χ0) is 8.20. The molecule has 6 heteroatoms. The summed E-state index contributed by atoms with van der Waals surface area (Å²) in [7, 11) is -4.37. The Kier molecular flexibility index (Phi) is 3.80. The SMILES string of the molecule is CCCC(N)OS(=O)(=O)O. The van der Waals surface area contributed by atoms with Crippen LogP contribution in [0.1, 0.15) is 19.8 Å². The molecule has 0 bridgehead atoms. The Morgan fingerprint density at radius 1 is 1.70 bits per heavy atom. The van der Waals surface area contributed by atoms with E-state index in [0.717, 1.165) is 0 Å². The standard InChI is InChI=1S/C4H11NO4S/c1-2-3-4(5)9-10(6,7)8/h4H,2-3,5H2,1H3,(H,6,7,8). The van der Waals surface area contributed by atoms with Crippen LogP contribution in [0.2, 0.25) is 0 Å². The molecule has 3 N–H and O–H groups in total. The molecule has 0 saturated carbocycles. The predicted molar refractivity (Wildman–Crippen MR) is 35.5 cm³/mol. The average molecular weight is 169 g/mol. The highest BCUT2D eigenvalue weighted by Crippen LogP contribution is 1.98. The quantitative estimate of drug-likeness (QED) is 0.452. The summed E-state index contributed by atoms with van der Waals surface area (Å²) < 4.78 is 32.0. The lowest BCUT2D eigenvalue weighted by atomic mass is 10.3. The minimum absolute atomic E-state index is 0.403. The van der Waals surface area contributed by atoms with Gasteiger partial charge in [0.05, 0.1) is 0 Å². The molecule has 0 aliphatic heterocycles. The van der Waals surface area contributed by atoms with Crippen molar-refractivity contribution >= 4 is 10.4 Å². The molecule has 0 rings (SSSR count). The molecule has 0 aliphatic rings. The van der Waals surface area contributed by atoms with Crippen LogP contribution in [0, 0.1) is 0 Å². The second kappa shape index (κ2) is 3.87. The Morgan fingerprint density at radius 3 is 2.50 bits per heavy atom. The topological polar surface area (TPSA) is 89.6 Å². The first-order valence-electron chi connectivity index (χ1n) is 2.87. The Morgan fingerprint density at radius 2 is 2.20 bits per heavy atom. The Bertz CT molecular complexity index is 176. The maximum Gasteiger partial charge on any atom is 0.398 e. The summed E-state index contributed by atoms with van der Waals surface area (Å²) in [5.74, 6) is 0. The lowest BCUT2D eigenvalue weighted by molar-refractivity contribution is 0.178. The fourth-order valence-electron chi connectivity index (χ4n) is 0.489. The molecule has 0 radical (unpaired) electrons. The Labute approximate surface area is 60.1 Å². The van der Waals surface area contributed by atoms with Crippen molar-refractivity contribution < 1.29 is 17.2 Å². The van der Waals surface area contributed by atoms with E-state index < -0.39 is 16.6 Å². The maximum atomic E-state index is 9.97. The summed E-state index contributed by atoms with van der Waals surface area (Å²) in [5, 5.41) is 0. The number of hydrogen-bond acceptors (Lipinski definition) is 4. The van der Waals surface area contributed by atoms with Crippen molar-refractivity contribution in [2.75, 3.05) is 0 Å². The molecule has 0 fully saturated rings. The largest absolute Gasteiger partial charge is 0.398 e. The van der Waals surface area contributed by atoms with Crippen molar-refractivity contribution in [3.05, 3.63) is 0 Å². The van der Waals surface area contributed by atoms with Crippen LogP contribution in [0.5, 0.6) is 0 Å². The highest BCUT2D eigenvalue weighted by Gasteiger charge is 2.10. The Hall–Kier alpha value is -0.170. The molecule has 0 aromatic carbocycles. The van der Waals surface area contributed by atoms with Gasteiger partial charge >= 0.3 is 10.4 Å². The second-order valence-corrected chi connectivity index (χ2v) is 2.90. The summed E-state index contributed by atoms with van der Waals surface area (Å²) in [6.07, 6.45) is 0.177. The molecule has 0 aliphatic carbocycles. The van der Waals surface area contributed by atoms with Crippen molar-refractivity contribution in [1.29, 1.82) is 0 Å². The minimum atomic E-state index is -4.37. The smallest absolute Gasteiger partial charge is 0.305 e. The summed E-state index contributed by atoms with van der Waals surface area (Å²) in [5.41, 5.74) is 5.11. The molecule has 0 amide bonds. The first-order valence-corrected chi connectivity index (χ1v) is 4.23. The number of hydrogen-bond donors (Lipinski definition) is 2. The second-order valence-electron chi connectivity index (χ2n) is 1.85. The van der Waals surface area contributed by atoms with Crippen molar-refractivity contribution in [2.45, 2.75) is 26.0 Å². The van der Waals surface area contributed by atoms with Gasteiger partial charge in [0.2, 0.25) is 0 Å². The number of nitrogens with two attached hydrogens (primary N) is 1. The van der Waals surface area contributed by atoms with Crippen LogP contribution in [0.25, 0.3) is 0 Å². The van der Waals surface area contributed by atoms with E-state index in [4.69, 9.17) is 10.3 Å². The summed E-state index contributed by atoms with van der Waals surface area (Å²) in [4.78, 5) is 0. The highest BCUT2D eigenvalue weighted by molar-refractivity contribution is 7.80. The van der Waals surface area contributed by atoms with E-state index in [1.165, 1.54) is 0 Å². The molecule has 62 valence electrons. The molecular formula is C4H11NO4S. The van der Waals surface area contributed by atoms with E-state index in [9.17, 15) is 8.42 Å². The fourth-order valence-corrected chi connectivity index (χ4v) is 0.897. The normalized spacial score (nSPS) is 15.1. The van der Waals surface area contributed by atoms with Crippen LogP contribution in [0.3, 0.4) is 0 Å². The third-order valence-corrected chi connectivity index (χ3v) is 1.31. The first-order chi connectivity index (χ1) is 4.45. The van der Waals surface area contributed by atoms with Gasteiger partial charge in [0, 0.05) is 0 Å². The van der Waals surface area contributed by atoms with Gasteiger partial charge in [0.25, 0.3) is 0 Å². The van der Waals surface area contributed by atoms with Gasteiger partial charge in [0.15, 0.2) is 0 Å². The van der Waals surface area contributed by atoms with Crippen molar-refractivity contribution in [1.82, 2.24) is 0 Å². The third-order valence-electron chi connectivity index (χ3n) is 0.818. The van der Waals surface area contributed by atoms with Gasteiger partial charge in [-0.05, 0) is 6.42 Å². The Balaban J connectivity index is 3.69. The first kappa shape index (κ1) is 9.83. The van der Waals surface area contributed by atoms with Gasteiger partial charge in [-0.2, -0.15) is 8.42 Å². The van der Waals surface area contributed by atoms with E-state index in [2.05, 4.69) is 4.18 Å². The summed E-state index contributed by atoms with van der Waals surface area (Å²) >= 11 is 0. The molecule has 0 heterocycles. The van der Waals surface area contributed by atoms with E-state index >= 15 is 0 Å². The van der Waals surface area contributed by atoms with Crippen molar-refractivity contribution in [3.63, 3.8) is 0 Å². The molecule has 1 unspecified atom stereocenters. The third kappa shape index (κ3) is 5.96. The molecular weight excluding hydrogens is 158 g/mol. The highest BCUT2D eigenvalue weighted by atomic mass is 32.3. The molecule has 0 aromatic heterocycles. The van der Waals surface area contributed by atoms with Gasteiger partial charge in [-0.3, -0.25) is 4.55 Å². The maximum absolute atomic E-state index is 9.97. The van der Waals surface area contributed by atoms with Gasteiger partial charge in [-0.15, -0.1) is 0 Å². The van der Waals surface area contributed by atoms with Gasteiger partial charge in [-0.1, -0.05) is 13.3 Å². The molecule has 0 saturated heterocycles. The molecule has 10 heavy (non-hydrogen) atoms. The van der Waals surface area contributed by atoms with Gasteiger partial charge in [-0.25, -0.2) is 4.18 Å². The monoisotopic (exact) mass is 169 g/mol. The van der Waals surface area contributed by atoms with Crippen LogP contribution in [0.15, 0.2) is 0 Å². The average Bonchev–Trinajstić information content (AvgIpc) is 1.59. The molecule has 5 nitrogen and oxygen atoms in total. The van der Waals surface area contributed by atoms with Crippen molar-refractivity contribution in [2.24, 2.45) is 5.73 Å². The molecule has 0 spiro atoms. The summed E-state index contributed by atoms with van der Waals surface area (Å²) in [6.45, 7) is 1.83. The van der Waals surface area contributed by atoms with Crippen LogP contribution >= 0.6 is 0 Å². The molecule has 0 aromatic rings. The number of rotatable bonds is 4. The fraction of sp³-hybridized carbons (Fsp3) is 1.00. The zero-order valence-corrected chi connectivity index (χ0v) is 6.47. The lowest BCUT2D eigenvalue weighted by Gasteiger charge is -2.06. The van der Waals surface area contributed by atoms with Crippen LogP contribution < -0.4 is 5.73 Å². The van der Waals surface area contributed by atoms with Crippen LogP contribution in [-0.4, -0.2) is 19.2 Å². The minimum Gasteiger partial charge on any atom is -0.305 e. The van der Waals surface area contributed by atoms with Gasteiger partial charge in [0.1, 0.15) is 6.23 Å². The summed E-state index contributed by atoms with van der Waals surface area (Å²) in [6, 6.07) is 0.